The summed E-state index contributed by atoms with van der Waals surface area (Å²) in [5, 5.41) is 9.99. The molecule has 2 atom stereocenters. The fourth-order valence-corrected chi connectivity index (χ4v) is 3.59. The van der Waals surface area contributed by atoms with Gasteiger partial charge in [-0.2, -0.15) is 8.42 Å². The van der Waals surface area contributed by atoms with E-state index in [1.54, 1.807) is 24.3 Å². The number of benzene rings is 3. The highest BCUT2D eigenvalue weighted by molar-refractivity contribution is 7.82. The lowest BCUT2D eigenvalue weighted by Gasteiger charge is -2.11. The summed E-state index contributed by atoms with van der Waals surface area (Å²) in [7, 11) is 0. The third-order valence-corrected chi connectivity index (χ3v) is 5.25. The largest absolute Gasteiger partial charge is 0.506 e. The van der Waals surface area contributed by atoms with Crippen LogP contribution in [0.2, 0.25) is 0 Å². The molecular weight excluding hydrogens is 412 g/mol. The molecule has 0 fully saturated rings. The van der Waals surface area contributed by atoms with Crippen molar-refractivity contribution in [3.05, 3.63) is 77.9 Å². The van der Waals surface area contributed by atoms with E-state index < -0.39 is 22.5 Å². The molecule has 3 aromatic carbocycles. The second-order valence-corrected chi connectivity index (χ2v) is 7.88. The van der Waals surface area contributed by atoms with Crippen molar-refractivity contribution in [3.63, 3.8) is 0 Å². The van der Waals surface area contributed by atoms with E-state index in [-0.39, 0.29) is 11.4 Å². The zero-order chi connectivity index (χ0) is 20.8. The standard InChI is InChI=1S/C20H20N2O5S2/c1-14-3-8-17(9-4-14)26-28(24)21-16-7-12-20(23)19(13-16)22-29(25)27-18-10-5-15(2)6-11-18/h3-13,21-23H,1-2H3. The lowest BCUT2D eigenvalue weighted by Crippen LogP contribution is -2.13. The van der Waals surface area contributed by atoms with Gasteiger partial charge in [-0.1, -0.05) is 35.4 Å². The molecule has 0 radical (unpaired) electrons. The number of rotatable bonds is 8. The van der Waals surface area contributed by atoms with Crippen molar-refractivity contribution >= 4 is 33.9 Å². The van der Waals surface area contributed by atoms with E-state index in [0.717, 1.165) is 11.1 Å². The Bertz CT molecular complexity index is 1020. The molecule has 9 heteroatoms. The molecule has 7 nitrogen and oxygen atoms in total. The van der Waals surface area contributed by atoms with Crippen LogP contribution in [0.3, 0.4) is 0 Å². The summed E-state index contributed by atoms with van der Waals surface area (Å²) in [4.78, 5) is 0. The zero-order valence-electron chi connectivity index (χ0n) is 15.7. The molecule has 3 rings (SSSR count). The van der Waals surface area contributed by atoms with E-state index in [2.05, 4.69) is 9.44 Å². The molecule has 29 heavy (non-hydrogen) atoms. The highest BCUT2D eigenvalue weighted by Crippen LogP contribution is 2.28. The number of phenols is 1. The SMILES string of the molecule is Cc1ccc(OS(=O)Nc2ccc(O)c(NS(=O)Oc3ccc(C)cc3)c2)cc1. The molecule has 0 aliphatic heterocycles. The van der Waals surface area contributed by atoms with Crippen LogP contribution >= 0.6 is 0 Å². The second kappa shape index (κ2) is 9.44. The highest BCUT2D eigenvalue weighted by atomic mass is 32.2. The van der Waals surface area contributed by atoms with Crippen LogP contribution in [0.4, 0.5) is 11.4 Å². The molecule has 0 amide bonds. The second-order valence-electron chi connectivity index (χ2n) is 6.20. The summed E-state index contributed by atoms with van der Waals surface area (Å²) in [6, 6.07) is 18.5. The van der Waals surface area contributed by atoms with Crippen LogP contribution in [-0.4, -0.2) is 13.5 Å². The van der Waals surface area contributed by atoms with Crippen LogP contribution in [0.25, 0.3) is 0 Å². The summed E-state index contributed by atoms with van der Waals surface area (Å²) in [6.07, 6.45) is 0. The quantitative estimate of drug-likeness (QED) is 0.367. The Morgan fingerprint density at radius 2 is 1.21 bits per heavy atom. The van der Waals surface area contributed by atoms with Crippen molar-refractivity contribution in [2.75, 3.05) is 9.44 Å². The normalized spacial score (nSPS) is 12.6. The minimum atomic E-state index is -1.94. The van der Waals surface area contributed by atoms with Gasteiger partial charge in [-0.3, -0.25) is 9.44 Å². The van der Waals surface area contributed by atoms with Gasteiger partial charge < -0.3 is 13.5 Å². The molecule has 0 saturated carbocycles. The maximum atomic E-state index is 12.2. The van der Waals surface area contributed by atoms with Gasteiger partial charge in [-0.15, -0.1) is 0 Å². The number of nitrogens with one attached hydrogen (secondary N) is 2. The van der Waals surface area contributed by atoms with Crippen LogP contribution in [-0.2, 0) is 22.5 Å². The Hall–Kier alpha value is -3.04. The number of phenolic OH excluding ortho intramolecular Hbond substituents is 1. The number of aromatic hydroxyl groups is 1. The fourth-order valence-electron chi connectivity index (χ4n) is 2.27. The Labute approximate surface area is 174 Å². The van der Waals surface area contributed by atoms with Gasteiger partial charge in [0.2, 0.25) is 0 Å². The molecule has 2 unspecified atom stereocenters. The molecule has 0 saturated heterocycles. The molecular formula is C20H20N2O5S2. The van der Waals surface area contributed by atoms with E-state index in [1.807, 2.05) is 38.1 Å². The lowest BCUT2D eigenvalue weighted by molar-refractivity contribution is 0.477. The average molecular weight is 433 g/mol. The predicted molar refractivity (Wildman–Crippen MR) is 115 cm³/mol. The van der Waals surface area contributed by atoms with Crippen molar-refractivity contribution in [2.24, 2.45) is 0 Å². The maximum Gasteiger partial charge on any atom is 0.316 e. The summed E-state index contributed by atoms with van der Waals surface area (Å²) in [5.41, 5.74) is 2.65. The molecule has 0 spiro atoms. The third-order valence-electron chi connectivity index (χ3n) is 3.78. The summed E-state index contributed by atoms with van der Waals surface area (Å²) in [5.74, 6) is 0.732. The van der Waals surface area contributed by atoms with Gasteiger partial charge in [0.15, 0.2) is 0 Å². The van der Waals surface area contributed by atoms with Gasteiger partial charge in [0.25, 0.3) is 0 Å². The Kier molecular flexibility index (Phi) is 6.73. The van der Waals surface area contributed by atoms with E-state index >= 15 is 0 Å². The van der Waals surface area contributed by atoms with Crippen molar-refractivity contribution < 1.29 is 21.9 Å². The average Bonchev–Trinajstić information content (AvgIpc) is 2.68. The minimum absolute atomic E-state index is 0.137. The van der Waals surface area contributed by atoms with Gasteiger partial charge in [0.05, 0.1) is 11.4 Å². The first-order valence-corrected chi connectivity index (χ1v) is 10.7. The Morgan fingerprint density at radius 1 is 0.724 bits per heavy atom. The molecule has 3 N–H and O–H groups in total. The van der Waals surface area contributed by atoms with Crippen LogP contribution in [0, 0.1) is 13.8 Å². The van der Waals surface area contributed by atoms with Crippen molar-refractivity contribution in [2.45, 2.75) is 13.8 Å². The van der Waals surface area contributed by atoms with E-state index in [1.165, 1.54) is 18.2 Å². The fraction of sp³-hybridized carbons (Fsp3) is 0.100. The number of hydrogen-bond donors (Lipinski definition) is 3. The molecule has 0 aliphatic carbocycles. The van der Waals surface area contributed by atoms with Crippen LogP contribution in [0.5, 0.6) is 17.2 Å². The molecule has 0 aliphatic rings. The third kappa shape index (κ3) is 6.23. The van der Waals surface area contributed by atoms with Crippen molar-refractivity contribution in [1.29, 1.82) is 0 Å². The topological polar surface area (TPSA) is 96.9 Å². The number of anilines is 2. The zero-order valence-corrected chi connectivity index (χ0v) is 17.4. The minimum Gasteiger partial charge on any atom is -0.506 e. The monoisotopic (exact) mass is 432 g/mol. The van der Waals surface area contributed by atoms with Crippen molar-refractivity contribution in [3.8, 4) is 17.2 Å². The molecule has 152 valence electrons. The summed E-state index contributed by atoms with van der Waals surface area (Å²) in [6.45, 7) is 3.87. The van der Waals surface area contributed by atoms with Gasteiger partial charge in [-0.05, 0) is 56.3 Å². The highest BCUT2D eigenvalue weighted by Gasteiger charge is 2.10. The van der Waals surface area contributed by atoms with Crippen LogP contribution < -0.4 is 17.8 Å². The van der Waals surface area contributed by atoms with E-state index in [0.29, 0.717) is 17.2 Å². The Balaban J connectivity index is 1.62. The summed E-state index contributed by atoms with van der Waals surface area (Å²) >= 11 is -3.79. The molecule has 0 aromatic heterocycles. The van der Waals surface area contributed by atoms with Crippen LogP contribution in [0.15, 0.2) is 66.7 Å². The molecule has 3 aromatic rings. The van der Waals surface area contributed by atoms with E-state index in [9.17, 15) is 13.5 Å². The van der Waals surface area contributed by atoms with E-state index in [4.69, 9.17) is 8.37 Å². The maximum absolute atomic E-state index is 12.2. The first kappa shape index (κ1) is 20.7. The molecule has 0 bridgehead atoms. The van der Waals surface area contributed by atoms with Crippen molar-refractivity contribution in [1.82, 2.24) is 0 Å². The smallest absolute Gasteiger partial charge is 0.316 e. The van der Waals surface area contributed by atoms with Gasteiger partial charge in [-0.25, -0.2) is 0 Å². The number of aryl methyl sites for hydroxylation is 2. The number of hydrogen-bond acceptors (Lipinski definition) is 5. The van der Waals surface area contributed by atoms with Gasteiger partial charge >= 0.3 is 22.5 Å². The van der Waals surface area contributed by atoms with Gasteiger partial charge in [0.1, 0.15) is 17.2 Å². The first-order valence-electron chi connectivity index (χ1n) is 8.59. The molecule has 0 heterocycles. The predicted octanol–water partition coefficient (Wildman–Crippen LogP) is 4.15. The van der Waals surface area contributed by atoms with Crippen LogP contribution in [0.1, 0.15) is 11.1 Å². The van der Waals surface area contributed by atoms with Gasteiger partial charge in [0, 0.05) is 0 Å². The lowest BCUT2D eigenvalue weighted by atomic mass is 10.2. The Morgan fingerprint density at radius 3 is 1.72 bits per heavy atom. The summed E-state index contributed by atoms with van der Waals surface area (Å²) < 4.78 is 40.2. The first-order chi connectivity index (χ1) is 13.9.